The highest BCUT2D eigenvalue weighted by molar-refractivity contribution is 6.09. The van der Waals surface area contributed by atoms with Crippen LogP contribution in [-0.4, -0.2) is 28.4 Å². The predicted octanol–water partition coefficient (Wildman–Crippen LogP) is -1.73. The van der Waals surface area contributed by atoms with Crippen molar-refractivity contribution in [3.63, 3.8) is 0 Å². The van der Waals surface area contributed by atoms with Crippen LogP contribution in [0.15, 0.2) is 0 Å². The molecule has 0 aliphatic carbocycles. The molecule has 0 aromatic carbocycles. The van der Waals surface area contributed by atoms with E-state index in [-0.39, 0.29) is 0 Å². The van der Waals surface area contributed by atoms with Gasteiger partial charge >= 0.3 is 0 Å². The summed E-state index contributed by atoms with van der Waals surface area (Å²) in [6, 6.07) is 0. The van der Waals surface area contributed by atoms with Gasteiger partial charge in [-0.15, -0.1) is 0 Å². The van der Waals surface area contributed by atoms with Crippen molar-refractivity contribution in [3.8, 4) is 0 Å². The molecule has 0 bridgehead atoms. The van der Waals surface area contributed by atoms with E-state index in [0.29, 0.717) is 10.2 Å². The first-order valence-electron chi connectivity index (χ1n) is 1.48. The van der Waals surface area contributed by atoms with E-state index in [9.17, 15) is 0 Å². The Balaban J connectivity index is 2.54. The predicted molar refractivity (Wildman–Crippen MR) is 23.0 cm³/mol. The second-order valence-electron chi connectivity index (χ2n) is 0.835. The van der Waals surface area contributed by atoms with Gasteiger partial charge in [0.2, 0.25) is 0 Å². The Labute approximate surface area is 34.2 Å². The smallest absolute Gasteiger partial charge is 0.128 e. The Morgan fingerprint density at radius 3 is 2.20 bits per heavy atom. The van der Waals surface area contributed by atoms with Crippen molar-refractivity contribution in [3.05, 3.63) is 0 Å². The summed E-state index contributed by atoms with van der Waals surface area (Å²) in [4.78, 5) is 0. The fraction of sp³-hybridized carbons (Fsp3) is 1.00. The Morgan fingerprint density at radius 2 is 2.20 bits per heavy atom. The number of rotatable bonds is 1. The average molecular weight is 92.2 g/mol. The zero-order valence-corrected chi connectivity index (χ0v) is 5.43. The van der Waals surface area contributed by atoms with Crippen LogP contribution in [0.1, 0.15) is 0 Å². The van der Waals surface area contributed by atoms with E-state index in [2.05, 4.69) is 4.74 Å². The van der Waals surface area contributed by atoms with Gasteiger partial charge in [-0.1, -0.05) is 0 Å². The normalized spacial score (nSPS) is 15.6. The fourth-order valence-electron chi connectivity index (χ4n) is 0. The van der Waals surface area contributed by atoms with Crippen molar-refractivity contribution in [1.29, 1.82) is 0 Å². The first-order valence-corrected chi connectivity index (χ1v) is 2.63. The number of ether oxygens (including phenoxy) is 1. The molecule has 2 nitrogen and oxygen atoms in total. The number of aliphatic hydroxyl groups excluding tert-OH is 1. The van der Waals surface area contributed by atoms with Crippen molar-refractivity contribution in [1.82, 2.24) is 0 Å². The van der Waals surface area contributed by atoms with E-state index in [4.69, 9.17) is 5.11 Å². The molecule has 0 aromatic heterocycles. The molecule has 0 aliphatic heterocycles. The standard InChI is InChI=1S/C2H8O2Si/c1-4-2(3)5/h2-3H,1,5H3. The largest absolute Gasteiger partial charge is 0.373 e. The van der Waals surface area contributed by atoms with Gasteiger partial charge in [0.15, 0.2) is 0 Å². The second kappa shape index (κ2) is 2.38. The van der Waals surface area contributed by atoms with Gasteiger partial charge in [0.05, 0.1) is 10.2 Å². The maximum absolute atomic E-state index is 8.20. The van der Waals surface area contributed by atoms with E-state index in [1.807, 2.05) is 0 Å². The lowest BCUT2D eigenvalue weighted by Gasteiger charge is -1.94. The molecule has 3 heteroatoms. The van der Waals surface area contributed by atoms with E-state index in [1.165, 1.54) is 7.11 Å². The van der Waals surface area contributed by atoms with Crippen LogP contribution in [0.3, 0.4) is 0 Å². The van der Waals surface area contributed by atoms with Crippen molar-refractivity contribution in [2.24, 2.45) is 0 Å². The van der Waals surface area contributed by atoms with E-state index in [0.717, 1.165) is 0 Å². The SMILES string of the molecule is COC(O)[SiH3]. The summed E-state index contributed by atoms with van der Waals surface area (Å²) < 4.78 is 4.37. The van der Waals surface area contributed by atoms with Crippen molar-refractivity contribution < 1.29 is 9.84 Å². The van der Waals surface area contributed by atoms with Crippen LogP contribution in [0.2, 0.25) is 0 Å². The lowest BCUT2D eigenvalue weighted by molar-refractivity contribution is -0.00828. The zero-order chi connectivity index (χ0) is 4.28. The lowest BCUT2D eigenvalue weighted by atomic mass is 11.4. The molecule has 0 saturated heterocycles. The summed E-state index contributed by atoms with van der Waals surface area (Å²) >= 11 is 0. The molecular formula is C2H8O2Si. The van der Waals surface area contributed by atoms with Gasteiger partial charge in [-0.05, 0) is 0 Å². The van der Waals surface area contributed by atoms with Gasteiger partial charge in [0.1, 0.15) is 5.91 Å². The Morgan fingerprint density at radius 1 is 2.00 bits per heavy atom. The lowest BCUT2D eigenvalue weighted by Crippen LogP contribution is -2.06. The van der Waals surface area contributed by atoms with Crippen LogP contribution < -0.4 is 0 Å². The van der Waals surface area contributed by atoms with Crippen molar-refractivity contribution in [2.75, 3.05) is 7.11 Å². The molecule has 5 heavy (non-hydrogen) atoms. The van der Waals surface area contributed by atoms with Crippen LogP contribution in [-0.2, 0) is 4.74 Å². The van der Waals surface area contributed by atoms with Gasteiger partial charge in [-0.2, -0.15) is 0 Å². The molecule has 1 N–H and O–H groups in total. The molecule has 0 radical (unpaired) electrons. The molecular weight excluding hydrogens is 84.1 g/mol. The van der Waals surface area contributed by atoms with Crippen molar-refractivity contribution >= 4 is 10.2 Å². The minimum absolute atomic E-state index is 0.477. The molecule has 32 valence electrons. The highest BCUT2D eigenvalue weighted by Gasteiger charge is 1.80. The van der Waals surface area contributed by atoms with Gasteiger partial charge in [0, 0.05) is 7.11 Å². The summed E-state index contributed by atoms with van der Waals surface area (Å²) in [7, 11) is 2.19. The van der Waals surface area contributed by atoms with E-state index in [1.54, 1.807) is 0 Å². The topological polar surface area (TPSA) is 29.5 Å². The molecule has 0 fully saturated rings. The first kappa shape index (κ1) is 5.14. The van der Waals surface area contributed by atoms with Gasteiger partial charge < -0.3 is 9.84 Å². The Hall–Kier alpha value is 0.137. The third-order valence-electron chi connectivity index (χ3n) is 0.341. The molecule has 0 amide bonds. The molecule has 0 aliphatic rings. The molecule has 1 atom stereocenters. The van der Waals surface area contributed by atoms with Crippen molar-refractivity contribution in [2.45, 2.75) is 5.91 Å². The average Bonchev–Trinajstić information content (AvgIpc) is 1.38. The summed E-state index contributed by atoms with van der Waals surface area (Å²) in [5.41, 5.74) is 0. The zero-order valence-electron chi connectivity index (χ0n) is 3.43. The summed E-state index contributed by atoms with van der Waals surface area (Å²) in [5, 5.41) is 8.20. The number of hydrogen-bond acceptors (Lipinski definition) is 2. The van der Waals surface area contributed by atoms with Gasteiger partial charge in [-0.3, -0.25) is 0 Å². The van der Waals surface area contributed by atoms with Crippen LogP contribution in [0.25, 0.3) is 0 Å². The third kappa shape index (κ3) is 4.14. The van der Waals surface area contributed by atoms with E-state index >= 15 is 0 Å². The van der Waals surface area contributed by atoms with Gasteiger partial charge in [-0.25, -0.2) is 0 Å². The molecule has 0 saturated carbocycles. The Kier molecular flexibility index (Phi) is 2.44. The minimum atomic E-state index is -0.477. The minimum Gasteiger partial charge on any atom is -0.373 e. The molecule has 1 unspecified atom stereocenters. The van der Waals surface area contributed by atoms with Crippen LogP contribution in [0.5, 0.6) is 0 Å². The number of aliphatic hydroxyl groups is 1. The van der Waals surface area contributed by atoms with Gasteiger partial charge in [0.25, 0.3) is 0 Å². The summed E-state index contributed by atoms with van der Waals surface area (Å²) in [5.74, 6) is -0.477. The maximum atomic E-state index is 8.20. The second-order valence-corrected chi connectivity index (χ2v) is 1.82. The highest BCUT2D eigenvalue weighted by Crippen LogP contribution is 1.65. The summed E-state index contributed by atoms with van der Waals surface area (Å²) in [6.07, 6.45) is 0. The highest BCUT2D eigenvalue weighted by atomic mass is 28.1. The van der Waals surface area contributed by atoms with Crippen LogP contribution in [0.4, 0.5) is 0 Å². The quantitative estimate of drug-likeness (QED) is 0.308. The molecule has 0 aromatic rings. The Bertz CT molecular complexity index is 21.6. The monoisotopic (exact) mass is 92.0 g/mol. The van der Waals surface area contributed by atoms with Crippen LogP contribution in [0, 0.1) is 0 Å². The molecule has 0 rings (SSSR count). The van der Waals surface area contributed by atoms with Crippen LogP contribution >= 0.6 is 0 Å². The fourth-order valence-corrected chi connectivity index (χ4v) is 0. The molecule has 0 heterocycles. The first-order chi connectivity index (χ1) is 2.27. The number of hydrogen-bond donors (Lipinski definition) is 1. The third-order valence-corrected chi connectivity index (χ3v) is 0.813. The number of methoxy groups -OCH3 is 1. The summed E-state index contributed by atoms with van der Waals surface area (Å²) in [6.45, 7) is 0. The molecule has 0 spiro atoms. The maximum Gasteiger partial charge on any atom is 0.128 e. The van der Waals surface area contributed by atoms with E-state index < -0.39 is 5.91 Å².